The van der Waals surface area contributed by atoms with E-state index in [0.717, 1.165) is 5.56 Å². The summed E-state index contributed by atoms with van der Waals surface area (Å²) in [5.41, 5.74) is 1.70. The maximum absolute atomic E-state index is 13.1. The van der Waals surface area contributed by atoms with Crippen LogP contribution in [0.5, 0.6) is 5.75 Å². The first kappa shape index (κ1) is 20.4. The lowest BCUT2D eigenvalue weighted by atomic mass is 10.2. The Balaban J connectivity index is 1.80. The summed E-state index contributed by atoms with van der Waals surface area (Å²) in [5.74, 6) is 0.296. The lowest BCUT2D eigenvalue weighted by Gasteiger charge is -2.23. The van der Waals surface area contributed by atoms with Crippen LogP contribution in [0.2, 0.25) is 0 Å². The number of hydrogen-bond donors (Lipinski definition) is 0. The zero-order chi connectivity index (χ0) is 20.4. The Morgan fingerprint density at radius 1 is 1.18 bits per heavy atom. The molecule has 0 aliphatic carbocycles. The van der Waals surface area contributed by atoms with E-state index in [9.17, 15) is 8.42 Å². The zero-order valence-electron chi connectivity index (χ0n) is 16.6. The van der Waals surface area contributed by atoms with Crippen LogP contribution >= 0.6 is 0 Å². The first-order valence-corrected chi connectivity index (χ1v) is 10.7. The Morgan fingerprint density at radius 3 is 2.57 bits per heavy atom. The van der Waals surface area contributed by atoms with Crippen molar-refractivity contribution in [1.82, 2.24) is 9.38 Å². The number of ether oxygens (including phenoxy) is 2. The van der Waals surface area contributed by atoms with Crippen molar-refractivity contribution in [2.75, 3.05) is 6.61 Å². The molecule has 0 bridgehead atoms. The summed E-state index contributed by atoms with van der Waals surface area (Å²) in [6.07, 6.45) is 4.58. The Labute approximate surface area is 166 Å². The van der Waals surface area contributed by atoms with Crippen LogP contribution in [0.25, 0.3) is 5.65 Å². The van der Waals surface area contributed by atoms with Crippen LogP contribution in [0.15, 0.2) is 59.9 Å². The standard InChI is InChI=1S/C21H26N2O4S/c1-16(14-26-15-17-8-6-5-7-9-17)27-18-12-20-22-10-11-23(20)13-19(18)28(24,25)21(2,3)4/h5-13,16H,14-15H2,1-4H3/t16-/m0/s1. The molecule has 150 valence electrons. The zero-order valence-corrected chi connectivity index (χ0v) is 17.4. The maximum Gasteiger partial charge on any atom is 0.188 e. The molecular formula is C21H26N2O4S. The Bertz CT molecular complexity index is 1040. The molecule has 0 aliphatic heterocycles. The van der Waals surface area contributed by atoms with E-state index in [1.54, 1.807) is 49.8 Å². The van der Waals surface area contributed by atoms with E-state index in [2.05, 4.69) is 4.98 Å². The lowest BCUT2D eigenvalue weighted by Crippen LogP contribution is -2.29. The second-order valence-corrected chi connectivity index (χ2v) is 10.4. The fraction of sp³-hybridized carbons (Fsp3) is 0.381. The highest BCUT2D eigenvalue weighted by atomic mass is 32.2. The third-order valence-electron chi connectivity index (χ3n) is 4.35. The quantitative estimate of drug-likeness (QED) is 0.600. The average Bonchev–Trinajstić information content (AvgIpc) is 3.08. The van der Waals surface area contributed by atoms with Gasteiger partial charge in [0.2, 0.25) is 0 Å². The molecule has 0 fully saturated rings. The number of fused-ring (bicyclic) bond motifs is 1. The molecule has 2 aromatic heterocycles. The molecule has 3 aromatic rings. The Kier molecular flexibility index (Phi) is 5.76. The highest BCUT2D eigenvalue weighted by Crippen LogP contribution is 2.33. The fourth-order valence-corrected chi connectivity index (χ4v) is 4.00. The van der Waals surface area contributed by atoms with Gasteiger partial charge in [-0.3, -0.25) is 0 Å². The molecule has 1 aromatic carbocycles. The van der Waals surface area contributed by atoms with Gasteiger partial charge < -0.3 is 13.9 Å². The van der Waals surface area contributed by atoms with Gasteiger partial charge in [0.15, 0.2) is 9.84 Å². The molecule has 0 saturated carbocycles. The van der Waals surface area contributed by atoms with Gasteiger partial charge in [0.05, 0.1) is 18.0 Å². The number of imidazole rings is 1. The topological polar surface area (TPSA) is 69.9 Å². The van der Waals surface area contributed by atoms with E-state index >= 15 is 0 Å². The van der Waals surface area contributed by atoms with Gasteiger partial charge in [0.25, 0.3) is 0 Å². The number of aromatic nitrogens is 2. The van der Waals surface area contributed by atoms with Gasteiger partial charge in [0, 0.05) is 24.7 Å². The van der Waals surface area contributed by atoms with Crippen molar-refractivity contribution >= 4 is 15.5 Å². The minimum atomic E-state index is -3.60. The predicted octanol–water partition coefficient (Wildman–Crippen LogP) is 3.89. The molecule has 0 N–H and O–H groups in total. The number of nitrogens with zero attached hydrogens (tertiary/aromatic N) is 2. The second-order valence-electron chi connectivity index (χ2n) is 7.74. The molecule has 0 spiro atoms. The van der Waals surface area contributed by atoms with E-state index < -0.39 is 14.6 Å². The van der Waals surface area contributed by atoms with Crippen LogP contribution in [-0.4, -0.2) is 35.3 Å². The van der Waals surface area contributed by atoms with Crippen molar-refractivity contribution in [3.63, 3.8) is 0 Å². The molecule has 7 heteroatoms. The summed E-state index contributed by atoms with van der Waals surface area (Å²) in [6.45, 7) is 7.70. The van der Waals surface area contributed by atoms with Gasteiger partial charge in [-0.25, -0.2) is 13.4 Å². The van der Waals surface area contributed by atoms with E-state index in [0.29, 0.717) is 24.6 Å². The number of pyridine rings is 1. The first-order valence-electron chi connectivity index (χ1n) is 9.18. The van der Waals surface area contributed by atoms with Crippen LogP contribution in [0, 0.1) is 0 Å². The minimum absolute atomic E-state index is 0.153. The molecule has 1 atom stereocenters. The maximum atomic E-state index is 13.1. The largest absolute Gasteiger partial charge is 0.487 e. The van der Waals surface area contributed by atoms with E-state index in [-0.39, 0.29) is 11.0 Å². The van der Waals surface area contributed by atoms with Crippen molar-refractivity contribution in [2.24, 2.45) is 0 Å². The number of hydrogen-bond acceptors (Lipinski definition) is 5. The number of benzene rings is 1. The van der Waals surface area contributed by atoms with Crippen molar-refractivity contribution in [3.8, 4) is 5.75 Å². The average molecular weight is 403 g/mol. The summed E-state index contributed by atoms with van der Waals surface area (Å²) >= 11 is 0. The SMILES string of the molecule is C[C@@H](COCc1ccccc1)Oc1cc2nccn2cc1S(=O)(=O)C(C)(C)C. The molecule has 0 unspecified atom stereocenters. The van der Waals surface area contributed by atoms with Crippen LogP contribution in [0.4, 0.5) is 0 Å². The van der Waals surface area contributed by atoms with Gasteiger partial charge in [-0.05, 0) is 33.3 Å². The van der Waals surface area contributed by atoms with Gasteiger partial charge in [-0.1, -0.05) is 30.3 Å². The molecular weight excluding hydrogens is 376 g/mol. The lowest BCUT2D eigenvalue weighted by molar-refractivity contribution is 0.0480. The Hall–Kier alpha value is -2.38. The molecule has 2 heterocycles. The third-order valence-corrected chi connectivity index (χ3v) is 6.84. The monoisotopic (exact) mass is 402 g/mol. The summed E-state index contributed by atoms with van der Waals surface area (Å²) in [6, 6.07) is 11.5. The van der Waals surface area contributed by atoms with Gasteiger partial charge >= 0.3 is 0 Å². The van der Waals surface area contributed by atoms with Crippen LogP contribution in [0.3, 0.4) is 0 Å². The molecule has 28 heavy (non-hydrogen) atoms. The van der Waals surface area contributed by atoms with Crippen molar-refractivity contribution in [2.45, 2.75) is 50.0 Å². The number of rotatable bonds is 7. The molecule has 0 aliphatic rings. The number of sulfone groups is 1. The second kappa shape index (κ2) is 7.93. The van der Waals surface area contributed by atoms with Crippen molar-refractivity contribution in [1.29, 1.82) is 0 Å². The van der Waals surface area contributed by atoms with Crippen molar-refractivity contribution < 1.29 is 17.9 Å². The van der Waals surface area contributed by atoms with Gasteiger partial charge in [-0.15, -0.1) is 0 Å². The predicted molar refractivity (Wildman–Crippen MR) is 108 cm³/mol. The van der Waals surface area contributed by atoms with Crippen LogP contribution < -0.4 is 4.74 Å². The summed E-state index contributed by atoms with van der Waals surface area (Å²) in [7, 11) is -3.60. The fourth-order valence-electron chi connectivity index (χ4n) is 2.72. The Morgan fingerprint density at radius 2 is 1.89 bits per heavy atom. The minimum Gasteiger partial charge on any atom is -0.487 e. The van der Waals surface area contributed by atoms with Gasteiger partial charge in [0.1, 0.15) is 22.4 Å². The third kappa shape index (κ3) is 4.36. The molecule has 0 radical (unpaired) electrons. The summed E-state index contributed by atoms with van der Waals surface area (Å²) < 4.78 is 38.6. The van der Waals surface area contributed by atoms with E-state index in [1.165, 1.54) is 0 Å². The highest BCUT2D eigenvalue weighted by molar-refractivity contribution is 7.92. The van der Waals surface area contributed by atoms with Crippen LogP contribution in [-0.2, 0) is 21.2 Å². The summed E-state index contributed by atoms with van der Waals surface area (Å²) in [5, 5.41) is 0. The van der Waals surface area contributed by atoms with E-state index in [4.69, 9.17) is 9.47 Å². The molecule has 0 amide bonds. The highest BCUT2D eigenvalue weighted by Gasteiger charge is 2.34. The molecule has 0 saturated heterocycles. The van der Waals surface area contributed by atoms with Gasteiger partial charge in [-0.2, -0.15) is 0 Å². The van der Waals surface area contributed by atoms with Crippen LogP contribution in [0.1, 0.15) is 33.3 Å². The first-order chi connectivity index (χ1) is 13.2. The smallest absolute Gasteiger partial charge is 0.188 e. The summed E-state index contributed by atoms with van der Waals surface area (Å²) in [4.78, 5) is 4.38. The normalized spacial score (nSPS) is 13.6. The van der Waals surface area contributed by atoms with Crippen molar-refractivity contribution in [3.05, 3.63) is 60.6 Å². The molecule has 3 rings (SSSR count). The molecule has 6 nitrogen and oxygen atoms in total. The van der Waals surface area contributed by atoms with E-state index in [1.807, 2.05) is 37.3 Å².